The highest BCUT2D eigenvalue weighted by Gasteiger charge is 2.28. The van der Waals surface area contributed by atoms with Crippen molar-refractivity contribution in [1.29, 1.82) is 0 Å². The van der Waals surface area contributed by atoms with Gasteiger partial charge in [0.2, 0.25) is 11.8 Å². The molecule has 2 rings (SSSR count). The maximum atomic E-state index is 12.9. The average molecular weight is 345 g/mol. The van der Waals surface area contributed by atoms with Gasteiger partial charge in [-0.25, -0.2) is 0 Å². The van der Waals surface area contributed by atoms with Crippen LogP contribution in [0.1, 0.15) is 56.1 Å². The number of amides is 2. The summed E-state index contributed by atoms with van der Waals surface area (Å²) in [6, 6.07) is 8.35. The number of nitrogens with two attached hydrogens (primary N) is 1. The van der Waals surface area contributed by atoms with E-state index in [0.29, 0.717) is 25.9 Å². The number of aryl methyl sites for hydroxylation is 1. The lowest BCUT2D eigenvalue weighted by atomic mass is 9.92. The number of rotatable bonds is 7. The summed E-state index contributed by atoms with van der Waals surface area (Å²) in [7, 11) is 0. The van der Waals surface area contributed by atoms with Gasteiger partial charge in [-0.2, -0.15) is 0 Å². The summed E-state index contributed by atoms with van der Waals surface area (Å²) in [6.45, 7) is 5.88. The molecule has 3 N–H and O–H groups in total. The molecule has 5 heteroatoms. The molecular formula is C20H31N3O2. The van der Waals surface area contributed by atoms with Gasteiger partial charge in [0.1, 0.15) is 0 Å². The number of likely N-dealkylation sites (tertiary alicyclic amines) is 1. The zero-order valence-corrected chi connectivity index (χ0v) is 15.5. The number of hydrogen-bond donors (Lipinski definition) is 2. The lowest BCUT2D eigenvalue weighted by Gasteiger charge is -2.36. The van der Waals surface area contributed by atoms with E-state index in [-0.39, 0.29) is 23.8 Å². The zero-order chi connectivity index (χ0) is 18.2. The predicted octanol–water partition coefficient (Wildman–Crippen LogP) is 2.33. The third-order valence-corrected chi connectivity index (χ3v) is 5.05. The van der Waals surface area contributed by atoms with Crippen LogP contribution in [-0.2, 0) is 9.59 Å². The van der Waals surface area contributed by atoms with Crippen molar-refractivity contribution in [2.45, 2.75) is 57.9 Å². The van der Waals surface area contributed by atoms with Crippen molar-refractivity contribution in [3.8, 4) is 0 Å². The summed E-state index contributed by atoms with van der Waals surface area (Å²) in [5.74, 6) is 0.352. The fourth-order valence-electron chi connectivity index (χ4n) is 3.62. The molecule has 138 valence electrons. The van der Waals surface area contributed by atoms with Gasteiger partial charge < -0.3 is 16.0 Å². The first-order valence-electron chi connectivity index (χ1n) is 9.34. The second-order valence-corrected chi connectivity index (χ2v) is 7.04. The summed E-state index contributed by atoms with van der Waals surface area (Å²) in [5.41, 5.74) is 7.88. The van der Waals surface area contributed by atoms with Crippen LogP contribution < -0.4 is 11.1 Å². The molecule has 0 radical (unpaired) electrons. The van der Waals surface area contributed by atoms with Crippen molar-refractivity contribution in [1.82, 2.24) is 10.2 Å². The van der Waals surface area contributed by atoms with E-state index < -0.39 is 0 Å². The van der Waals surface area contributed by atoms with Crippen LogP contribution in [-0.4, -0.2) is 42.4 Å². The van der Waals surface area contributed by atoms with Gasteiger partial charge in [0.05, 0.1) is 0 Å². The van der Waals surface area contributed by atoms with E-state index >= 15 is 0 Å². The quantitative estimate of drug-likeness (QED) is 0.796. The molecule has 2 unspecified atom stereocenters. The minimum atomic E-state index is -0.0336. The lowest BCUT2D eigenvalue weighted by Crippen LogP contribution is -2.49. The molecule has 1 saturated heterocycles. The molecule has 5 nitrogen and oxygen atoms in total. The van der Waals surface area contributed by atoms with Crippen LogP contribution >= 0.6 is 0 Å². The maximum absolute atomic E-state index is 12.9. The Morgan fingerprint density at radius 1 is 1.32 bits per heavy atom. The zero-order valence-electron chi connectivity index (χ0n) is 15.5. The molecular weight excluding hydrogens is 314 g/mol. The van der Waals surface area contributed by atoms with Gasteiger partial charge in [-0.15, -0.1) is 0 Å². The van der Waals surface area contributed by atoms with Crippen LogP contribution in [0.2, 0.25) is 0 Å². The Morgan fingerprint density at radius 2 is 2.08 bits per heavy atom. The van der Waals surface area contributed by atoms with E-state index in [2.05, 4.69) is 31.3 Å². The lowest BCUT2D eigenvalue weighted by molar-refractivity contribution is -0.135. The molecule has 1 fully saturated rings. The monoisotopic (exact) mass is 345 g/mol. The number of benzene rings is 1. The molecule has 1 aromatic carbocycles. The van der Waals surface area contributed by atoms with Gasteiger partial charge >= 0.3 is 0 Å². The second-order valence-electron chi connectivity index (χ2n) is 7.04. The topological polar surface area (TPSA) is 75.4 Å². The number of nitrogens with one attached hydrogen (secondary N) is 1. The Labute approximate surface area is 151 Å². The highest BCUT2D eigenvalue weighted by Crippen LogP contribution is 2.25. The van der Waals surface area contributed by atoms with E-state index in [4.69, 9.17) is 5.73 Å². The first kappa shape index (κ1) is 19.4. The Morgan fingerprint density at radius 3 is 2.80 bits per heavy atom. The van der Waals surface area contributed by atoms with Crippen molar-refractivity contribution in [3.63, 3.8) is 0 Å². The van der Waals surface area contributed by atoms with Crippen LogP contribution in [0.3, 0.4) is 0 Å². The van der Waals surface area contributed by atoms with Crippen LogP contribution in [0.15, 0.2) is 24.3 Å². The molecule has 1 aromatic rings. The number of hydrogen-bond acceptors (Lipinski definition) is 3. The van der Waals surface area contributed by atoms with Gasteiger partial charge in [-0.05, 0) is 43.2 Å². The maximum Gasteiger partial charge on any atom is 0.223 e. The number of nitrogens with zero attached hydrogens (tertiary/aromatic N) is 1. The molecule has 2 atom stereocenters. The van der Waals surface area contributed by atoms with Crippen LogP contribution in [0.4, 0.5) is 0 Å². The van der Waals surface area contributed by atoms with E-state index in [1.54, 1.807) is 0 Å². The van der Waals surface area contributed by atoms with Crippen LogP contribution in [0.5, 0.6) is 0 Å². The molecule has 0 aliphatic carbocycles. The van der Waals surface area contributed by atoms with Gasteiger partial charge in [-0.1, -0.05) is 31.2 Å². The fourth-order valence-corrected chi connectivity index (χ4v) is 3.62. The van der Waals surface area contributed by atoms with E-state index in [1.807, 2.05) is 17.0 Å². The molecule has 0 bridgehead atoms. The predicted molar refractivity (Wildman–Crippen MR) is 100 cm³/mol. The van der Waals surface area contributed by atoms with Crippen molar-refractivity contribution in [3.05, 3.63) is 35.4 Å². The van der Waals surface area contributed by atoms with Crippen LogP contribution in [0.25, 0.3) is 0 Å². The smallest absolute Gasteiger partial charge is 0.223 e. The van der Waals surface area contributed by atoms with Gasteiger partial charge in [0.15, 0.2) is 0 Å². The number of carbonyl (C=O) groups excluding carboxylic acids is 2. The van der Waals surface area contributed by atoms with Crippen molar-refractivity contribution in [2.24, 2.45) is 5.73 Å². The normalized spacial score (nSPS) is 18.7. The highest BCUT2D eigenvalue weighted by molar-refractivity contribution is 5.78. The van der Waals surface area contributed by atoms with Crippen molar-refractivity contribution in [2.75, 3.05) is 19.6 Å². The first-order valence-corrected chi connectivity index (χ1v) is 9.34. The van der Waals surface area contributed by atoms with E-state index in [9.17, 15) is 9.59 Å². The molecule has 1 heterocycles. The Kier molecular flexibility index (Phi) is 7.44. The summed E-state index contributed by atoms with van der Waals surface area (Å²) in [4.78, 5) is 26.5. The standard InChI is InChI=1S/C20H31N3O2/c1-15-7-3-4-9-18(15)16(2)13-20(25)23-12-6-5-8-17(23)14-22-19(24)10-11-21/h3-4,7,9,16-17H,5-6,8,10-14,21H2,1-2H3,(H,22,24). The second kappa shape index (κ2) is 9.56. The Hall–Kier alpha value is -1.88. The third kappa shape index (κ3) is 5.56. The minimum Gasteiger partial charge on any atom is -0.354 e. The Balaban J connectivity index is 1.95. The number of piperidine rings is 1. The fraction of sp³-hybridized carbons (Fsp3) is 0.600. The largest absolute Gasteiger partial charge is 0.354 e. The van der Waals surface area contributed by atoms with Gasteiger partial charge in [0, 0.05) is 38.5 Å². The van der Waals surface area contributed by atoms with E-state index in [1.165, 1.54) is 11.1 Å². The minimum absolute atomic E-state index is 0.0336. The molecule has 1 aliphatic rings. The Bertz CT molecular complexity index is 588. The molecule has 2 amide bonds. The number of carbonyl (C=O) groups is 2. The first-order chi connectivity index (χ1) is 12.0. The molecule has 0 saturated carbocycles. The van der Waals surface area contributed by atoms with Crippen molar-refractivity contribution >= 4 is 11.8 Å². The van der Waals surface area contributed by atoms with Crippen molar-refractivity contribution < 1.29 is 9.59 Å². The summed E-state index contributed by atoms with van der Waals surface area (Å²) < 4.78 is 0. The van der Waals surface area contributed by atoms with E-state index in [0.717, 1.165) is 25.8 Å². The summed E-state index contributed by atoms with van der Waals surface area (Å²) >= 11 is 0. The highest BCUT2D eigenvalue weighted by atomic mass is 16.2. The third-order valence-electron chi connectivity index (χ3n) is 5.05. The van der Waals surface area contributed by atoms with Crippen LogP contribution in [0, 0.1) is 6.92 Å². The van der Waals surface area contributed by atoms with Gasteiger partial charge in [-0.3, -0.25) is 9.59 Å². The molecule has 0 spiro atoms. The van der Waals surface area contributed by atoms with Gasteiger partial charge in [0.25, 0.3) is 0 Å². The average Bonchev–Trinajstić information content (AvgIpc) is 2.60. The molecule has 25 heavy (non-hydrogen) atoms. The summed E-state index contributed by atoms with van der Waals surface area (Å²) in [5, 5.41) is 2.92. The molecule has 1 aliphatic heterocycles. The summed E-state index contributed by atoms with van der Waals surface area (Å²) in [6.07, 6.45) is 3.95. The molecule has 0 aromatic heterocycles. The SMILES string of the molecule is Cc1ccccc1C(C)CC(=O)N1CCCCC1CNC(=O)CCN.